The Morgan fingerprint density at radius 1 is 0.885 bits per heavy atom. The van der Waals surface area contributed by atoms with Crippen LogP contribution in [0.15, 0.2) is 72.8 Å². The van der Waals surface area contributed by atoms with Gasteiger partial charge in [0.05, 0.1) is 5.69 Å². The normalized spacial score (nSPS) is 10.6. The van der Waals surface area contributed by atoms with Crippen molar-refractivity contribution in [3.8, 4) is 28.5 Å². The fourth-order valence-electron chi connectivity index (χ4n) is 3.15. The van der Waals surface area contributed by atoms with Crippen LogP contribution in [0.4, 0.5) is 10.2 Å². The van der Waals surface area contributed by atoms with Crippen molar-refractivity contribution in [3.63, 3.8) is 0 Å². The minimum atomic E-state index is -0.367. The van der Waals surface area contributed by atoms with E-state index in [-0.39, 0.29) is 17.2 Å². The average Bonchev–Trinajstić information content (AvgIpc) is 2.67. The number of nitriles is 1. The number of benzene rings is 3. The van der Waals surface area contributed by atoms with Gasteiger partial charge in [0.2, 0.25) is 0 Å². The van der Waals surface area contributed by atoms with E-state index in [0.29, 0.717) is 16.8 Å². The van der Waals surface area contributed by atoms with Crippen molar-refractivity contribution >= 4 is 16.6 Å². The van der Waals surface area contributed by atoms with Crippen molar-refractivity contribution in [2.24, 2.45) is 0 Å². The molecule has 26 heavy (non-hydrogen) atoms. The van der Waals surface area contributed by atoms with Crippen molar-refractivity contribution in [1.82, 2.24) is 4.98 Å². The number of hydrogen-bond acceptors (Lipinski definition) is 3. The van der Waals surface area contributed by atoms with E-state index in [2.05, 4.69) is 11.1 Å². The number of nitrogens with two attached hydrogens (primary N) is 1. The predicted molar refractivity (Wildman–Crippen MR) is 102 cm³/mol. The summed E-state index contributed by atoms with van der Waals surface area (Å²) in [7, 11) is 0. The molecule has 4 heteroatoms. The lowest BCUT2D eigenvalue weighted by atomic mass is 9.96. The second kappa shape index (κ2) is 6.30. The second-order valence-corrected chi connectivity index (χ2v) is 5.96. The molecule has 124 valence electrons. The molecule has 4 aromatic rings. The van der Waals surface area contributed by atoms with E-state index in [1.165, 1.54) is 12.1 Å². The third-order valence-electron chi connectivity index (χ3n) is 4.36. The molecule has 0 unspecified atom stereocenters. The van der Waals surface area contributed by atoms with Crippen molar-refractivity contribution in [1.29, 1.82) is 5.26 Å². The first-order valence-corrected chi connectivity index (χ1v) is 8.12. The van der Waals surface area contributed by atoms with Crippen LogP contribution in [0.25, 0.3) is 33.2 Å². The first kappa shape index (κ1) is 15.8. The zero-order valence-corrected chi connectivity index (χ0v) is 13.8. The number of aromatic nitrogens is 1. The monoisotopic (exact) mass is 339 g/mol. The molecular formula is C22H14FN3. The summed E-state index contributed by atoms with van der Waals surface area (Å²) in [5.41, 5.74) is 9.04. The van der Waals surface area contributed by atoms with Gasteiger partial charge in [-0.05, 0) is 34.5 Å². The van der Waals surface area contributed by atoms with Crippen LogP contribution in [0.3, 0.4) is 0 Å². The highest BCUT2D eigenvalue weighted by molar-refractivity contribution is 5.97. The lowest BCUT2D eigenvalue weighted by Crippen LogP contribution is -2.00. The lowest BCUT2D eigenvalue weighted by molar-refractivity contribution is 0.628. The van der Waals surface area contributed by atoms with Crippen LogP contribution in [0.2, 0.25) is 0 Å². The Bertz CT molecular complexity index is 1170. The zero-order valence-electron chi connectivity index (χ0n) is 13.8. The summed E-state index contributed by atoms with van der Waals surface area (Å²) in [6.07, 6.45) is 0. The van der Waals surface area contributed by atoms with E-state index in [4.69, 9.17) is 5.73 Å². The van der Waals surface area contributed by atoms with E-state index in [9.17, 15) is 9.65 Å². The van der Waals surface area contributed by atoms with Gasteiger partial charge in [-0.15, -0.1) is 0 Å². The summed E-state index contributed by atoms with van der Waals surface area (Å²) in [5, 5.41) is 11.6. The Kier molecular flexibility index (Phi) is 3.83. The Hall–Kier alpha value is -3.71. The molecule has 4 rings (SSSR count). The van der Waals surface area contributed by atoms with Crippen LogP contribution in [0.1, 0.15) is 5.56 Å². The molecule has 3 aromatic carbocycles. The highest BCUT2D eigenvalue weighted by Gasteiger charge is 2.15. The minimum Gasteiger partial charge on any atom is -0.383 e. The van der Waals surface area contributed by atoms with Gasteiger partial charge in [-0.1, -0.05) is 54.6 Å². The van der Waals surface area contributed by atoms with Crippen LogP contribution in [0.5, 0.6) is 0 Å². The number of nitrogens with zero attached hydrogens (tertiary/aromatic N) is 2. The number of nitrogen functional groups attached to an aromatic ring is 1. The smallest absolute Gasteiger partial charge is 0.142 e. The molecular weight excluding hydrogens is 325 g/mol. The molecule has 0 fully saturated rings. The van der Waals surface area contributed by atoms with E-state index >= 15 is 0 Å². The summed E-state index contributed by atoms with van der Waals surface area (Å²) in [6, 6.07) is 23.9. The van der Waals surface area contributed by atoms with Crippen LogP contribution in [-0.4, -0.2) is 4.98 Å². The summed E-state index contributed by atoms with van der Waals surface area (Å²) >= 11 is 0. The number of rotatable bonds is 2. The molecule has 0 aliphatic heterocycles. The molecule has 0 saturated carbocycles. The molecule has 1 heterocycles. The summed E-state index contributed by atoms with van der Waals surface area (Å²) in [5.74, 6) is -0.231. The van der Waals surface area contributed by atoms with Gasteiger partial charge in [0.1, 0.15) is 23.3 Å². The lowest BCUT2D eigenvalue weighted by Gasteiger charge is -2.12. The largest absolute Gasteiger partial charge is 0.383 e. The molecule has 2 N–H and O–H groups in total. The third-order valence-corrected chi connectivity index (χ3v) is 4.36. The van der Waals surface area contributed by atoms with Crippen molar-refractivity contribution in [2.75, 3.05) is 5.73 Å². The van der Waals surface area contributed by atoms with E-state index in [1.807, 2.05) is 42.5 Å². The fraction of sp³-hybridized carbons (Fsp3) is 0. The first-order chi connectivity index (χ1) is 12.7. The molecule has 0 spiro atoms. The van der Waals surface area contributed by atoms with E-state index < -0.39 is 0 Å². The van der Waals surface area contributed by atoms with Crippen molar-refractivity contribution < 1.29 is 4.39 Å². The molecule has 0 radical (unpaired) electrons. The minimum absolute atomic E-state index is 0.136. The Morgan fingerprint density at radius 3 is 2.46 bits per heavy atom. The zero-order chi connectivity index (χ0) is 18.1. The standard InChI is InChI=1S/C22H14FN3/c23-16-8-3-7-15(11-16)19-12-21(26-22(25)20(19)13-24)18-10-4-6-14-5-1-2-9-17(14)18/h1-12H,(H2,25,26). The summed E-state index contributed by atoms with van der Waals surface area (Å²) < 4.78 is 13.7. The quantitative estimate of drug-likeness (QED) is 0.548. The van der Waals surface area contributed by atoms with Gasteiger partial charge >= 0.3 is 0 Å². The van der Waals surface area contributed by atoms with Gasteiger partial charge in [0, 0.05) is 11.1 Å². The van der Waals surface area contributed by atoms with E-state index in [1.54, 1.807) is 18.2 Å². The van der Waals surface area contributed by atoms with Crippen LogP contribution in [-0.2, 0) is 0 Å². The Balaban J connectivity index is 2.01. The predicted octanol–water partition coefficient (Wildman–Crippen LogP) is 5.16. The average molecular weight is 339 g/mol. The molecule has 0 saturated heterocycles. The third kappa shape index (κ3) is 2.66. The van der Waals surface area contributed by atoms with Crippen LogP contribution < -0.4 is 5.73 Å². The maximum absolute atomic E-state index is 13.7. The Labute approximate surface area is 150 Å². The topological polar surface area (TPSA) is 62.7 Å². The highest BCUT2D eigenvalue weighted by Crippen LogP contribution is 2.34. The van der Waals surface area contributed by atoms with Gasteiger partial charge in [0.15, 0.2) is 0 Å². The Morgan fingerprint density at radius 2 is 1.65 bits per heavy atom. The van der Waals surface area contributed by atoms with Crippen molar-refractivity contribution in [3.05, 3.63) is 84.2 Å². The van der Waals surface area contributed by atoms with Crippen molar-refractivity contribution in [2.45, 2.75) is 0 Å². The highest BCUT2D eigenvalue weighted by atomic mass is 19.1. The number of pyridine rings is 1. The number of hydrogen-bond donors (Lipinski definition) is 1. The van der Waals surface area contributed by atoms with Gasteiger partial charge in [-0.3, -0.25) is 0 Å². The van der Waals surface area contributed by atoms with Gasteiger partial charge in [-0.25, -0.2) is 9.37 Å². The van der Waals surface area contributed by atoms with Gasteiger partial charge < -0.3 is 5.73 Å². The molecule has 0 amide bonds. The molecule has 1 aromatic heterocycles. The maximum atomic E-state index is 13.7. The molecule has 0 aliphatic carbocycles. The molecule has 3 nitrogen and oxygen atoms in total. The summed E-state index contributed by atoms with van der Waals surface area (Å²) in [6.45, 7) is 0. The molecule has 0 aliphatic rings. The second-order valence-electron chi connectivity index (χ2n) is 5.96. The van der Waals surface area contributed by atoms with Crippen LogP contribution >= 0.6 is 0 Å². The number of anilines is 1. The fourth-order valence-corrected chi connectivity index (χ4v) is 3.15. The first-order valence-electron chi connectivity index (χ1n) is 8.12. The number of fused-ring (bicyclic) bond motifs is 1. The number of halogens is 1. The van der Waals surface area contributed by atoms with Gasteiger partial charge in [-0.2, -0.15) is 5.26 Å². The maximum Gasteiger partial charge on any atom is 0.142 e. The van der Waals surface area contributed by atoms with E-state index in [0.717, 1.165) is 16.3 Å². The van der Waals surface area contributed by atoms with Gasteiger partial charge in [0.25, 0.3) is 0 Å². The van der Waals surface area contributed by atoms with Crippen LogP contribution in [0, 0.1) is 17.1 Å². The summed E-state index contributed by atoms with van der Waals surface area (Å²) in [4.78, 5) is 4.43. The molecule has 0 atom stereocenters. The SMILES string of the molecule is N#Cc1c(-c2cccc(F)c2)cc(-c2cccc3ccccc23)nc1N. The molecule has 0 bridgehead atoms.